The zero-order chi connectivity index (χ0) is 20.6. The van der Waals surface area contributed by atoms with Crippen molar-refractivity contribution in [3.05, 3.63) is 69.6 Å². The first-order valence-corrected chi connectivity index (χ1v) is 10.5. The van der Waals surface area contributed by atoms with Crippen LogP contribution in [-0.2, 0) is 13.0 Å². The molecular weight excluding hydrogens is 366 g/mol. The largest absolute Gasteiger partial charge is 0.395 e. The lowest BCUT2D eigenvalue weighted by molar-refractivity contribution is 0.0848. The van der Waals surface area contributed by atoms with Gasteiger partial charge in [-0.2, -0.15) is 0 Å². The highest BCUT2D eigenvalue weighted by atomic mass is 16.3. The second kappa shape index (κ2) is 10.4. The first-order chi connectivity index (χ1) is 14.1. The van der Waals surface area contributed by atoms with Crippen LogP contribution in [0, 0.1) is 6.92 Å². The lowest BCUT2D eigenvalue weighted by Crippen LogP contribution is -2.46. The second-order valence-corrected chi connectivity index (χ2v) is 7.73. The van der Waals surface area contributed by atoms with Gasteiger partial charge in [-0.15, -0.1) is 0 Å². The summed E-state index contributed by atoms with van der Waals surface area (Å²) in [6.07, 6.45) is 5.75. The quantitative estimate of drug-likeness (QED) is 0.714. The third-order valence-corrected chi connectivity index (χ3v) is 5.73. The van der Waals surface area contributed by atoms with E-state index in [0.29, 0.717) is 25.2 Å². The molecule has 6 heteroatoms. The van der Waals surface area contributed by atoms with Gasteiger partial charge < -0.3 is 15.0 Å². The molecule has 1 aliphatic heterocycles. The third kappa shape index (κ3) is 5.55. The summed E-state index contributed by atoms with van der Waals surface area (Å²) in [5.41, 5.74) is 1.82. The summed E-state index contributed by atoms with van der Waals surface area (Å²) in [5.74, 6) is -0.320. The van der Waals surface area contributed by atoms with Gasteiger partial charge in [0.15, 0.2) is 0 Å². The third-order valence-electron chi connectivity index (χ3n) is 5.73. The van der Waals surface area contributed by atoms with Crippen molar-refractivity contribution in [2.45, 2.75) is 45.2 Å². The summed E-state index contributed by atoms with van der Waals surface area (Å²) >= 11 is 0. The van der Waals surface area contributed by atoms with Crippen molar-refractivity contribution in [1.29, 1.82) is 0 Å². The van der Waals surface area contributed by atoms with Gasteiger partial charge in [-0.25, -0.2) is 0 Å². The van der Waals surface area contributed by atoms with Crippen LogP contribution in [-0.4, -0.2) is 52.8 Å². The lowest BCUT2D eigenvalue weighted by atomic mass is 10.0. The van der Waals surface area contributed by atoms with E-state index in [1.165, 1.54) is 0 Å². The van der Waals surface area contributed by atoms with Gasteiger partial charge in [-0.05, 0) is 49.9 Å². The van der Waals surface area contributed by atoms with Crippen molar-refractivity contribution < 1.29 is 9.90 Å². The van der Waals surface area contributed by atoms with Crippen LogP contribution in [0.5, 0.6) is 0 Å². The van der Waals surface area contributed by atoms with Crippen molar-refractivity contribution in [3.8, 4) is 0 Å². The van der Waals surface area contributed by atoms with Gasteiger partial charge in [0.1, 0.15) is 5.56 Å². The SMILES string of the molecule is Cc1ccn(CCc2ccccc2)c(=O)c1C(=O)NCCN1CCCCC1CO. The van der Waals surface area contributed by atoms with Crippen LogP contribution in [0.2, 0.25) is 0 Å². The van der Waals surface area contributed by atoms with Crippen molar-refractivity contribution in [2.75, 3.05) is 26.2 Å². The van der Waals surface area contributed by atoms with Crippen molar-refractivity contribution in [2.24, 2.45) is 0 Å². The molecule has 2 heterocycles. The monoisotopic (exact) mass is 397 g/mol. The molecule has 0 radical (unpaired) electrons. The minimum Gasteiger partial charge on any atom is -0.395 e. The number of aromatic nitrogens is 1. The Labute approximate surface area is 172 Å². The maximum Gasteiger partial charge on any atom is 0.263 e. The minimum absolute atomic E-state index is 0.151. The Morgan fingerprint density at radius 2 is 1.97 bits per heavy atom. The van der Waals surface area contributed by atoms with Gasteiger partial charge in [-0.1, -0.05) is 36.8 Å². The van der Waals surface area contributed by atoms with Crippen LogP contribution in [0.1, 0.15) is 40.7 Å². The molecule has 156 valence electrons. The summed E-state index contributed by atoms with van der Waals surface area (Å²) < 4.78 is 1.61. The summed E-state index contributed by atoms with van der Waals surface area (Å²) in [5, 5.41) is 12.4. The molecular formula is C23H31N3O3. The molecule has 6 nitrogen and oxygen atoms in total. The number of benzene rings is 1. The fraction of sp³-hybridized carbons (Fsp3) is 0.478. The standard InChI is InChI=1S/C23H31N3O3/c1-18-10-14-26(15-11-19-7-3-2-4-8-19)23(29)21(18)22(28)24-12-16-25-13-6-5-9-20(25)17-27/h2-4,7-8,10,14,20,27H,5-6,9,11-13,15-17H2,1H3,(H,24,28). The number of amides is 1. The fourth-order valence-corrected chi connectivity index (χ4v) is 3.97. The number of nitrogens with zero attached hydrogens (tertiary/aromatic N) is 2. The average molecular weight is 398 g/mol. The molecule has 1 aromatic heterocycles. The van der Waals surface area contributed by atoms with Crippen LogP contribution in [0.4, 0.5) is 0 Å². The van der Waals surface area contributed by atoms with Crippen LogP contribution in [0.3, 0.4) is 0 Å². The van der Waals surface area contributed by atoms with Crippen molar-refractivity contribution in [3.63, 3.8) is 0 Å². The smallest absolute Gasteiger partial charge is 0.263 e. The fourth-order valence-electron chi connectivity index (χ4n) is 3.97. The van der Waals surface area contributed by atoms with E-state index in [-0.39, 0.29) is 29.7 Å². The number of aryl methyl sites for hydroxylation is 3. The minimum atomic E-state index is -0.320. The number of carbonyl (C=O) groups is 1. The number of nitrogens with one attached hydrogen (secondary N) is 1. The van der Waals surface area contributed by atoms with E-state index in [1.54, 1.807) is 17.7 Å². The first kappa shape index (κ1) is 21.3. The Balaban J connectivity index is 1.61. The van der Waals surface area contributed by atoms with E-state index in [2.05, 4.69) is 10.2 Å². The highest BCUT2D eigenvalue weighted by molar-refractivity contribution is 5.95. The molecule has 0 aliphatic carbocycles. The normalized spacial score (nSPS) is 17.2. The number of likely N-dealkylation sites (tertiary alicyclic amines) is 1. The molecule has 3 rings (SSSR count). The molecule has 1 atom stereocenters. The predicted molar refractivity (Wildman–Crippen MR) is 114 cm³/mol. The van der Waals surface area contributed by atoms with Gasteiger partial charge >= 0.3 is 0 Å². The Morgan fingerprint density at radius 3 is 2.72 bits per heavy atom. The number of hydrogen-bond acceptors (Lipinski definition) is 4. The maximum absolute atomic E-state index is 12.9. The second-order valence-electron chi connectivity index (χ2n) is 7.73. The number of rotatable bonds is 8. The molecule has 1 amide bonds. The highest BCUT2D eigenvalue weighted by Gasteiger charge is 2.22. The zero-order valence-corrected chi connectivity index (χ0v) is 17.1. The number of hydrogen-bond donors (Lipinski definition) is 2. The number of aliphatic hydroxyl groups excluding tert-OH is 1. The average Bonchev–Trinajstić information content (AvgIpc) is 2.74. The number of aliphatic hydroxyl groups is 1. The topological polar surface area (TPSA) is 74.6 Å². The van der Waals surface area contributed by atoms with Gasteiger partial charge in [0, 0.05) is 31.9 Å². The Morgan fingerprint density at radius 1 is 1.17 bits per heavy atom. The molecule has 1 aliphatic rings. The summed E-state index contributed by atoms with van der Waals surface area (Å²) in [6, 6.07) is 12.0. The van der Waals surface area contributed by atoms with Gasteiger partial charge in [-0.3, -0.25) is 14.5 Å². The van der Waals surface area contributed by atoms with E-state index >= 15 is 0 Å². The van der Waals surface area contributed by atoms with Crippen LogP contribution >= 0.6 is 0 Å². The zero-order valence-electron chi connectivity index (χ0n) is 17.1. The van der Waals surface area contributed by atoms with E-state index < -0.39 is 0 Å². The van der Waals surface area contributed by atoms with E-state index in [1.807, 2.05) is 36.4 Å². The molecule has 0 saturated carbocycles. The highest BCUT2D eigenvalue weighted by Crippen LogP contribution is 2.15. The molecule has 1 aromatic carbocycles. The van der Waals surface area contributed by atoms with E-state index in [0.717, 1.165) is 37.8 Å². The van der Waals surface area contributed by atoms with E-state index in [4.69, 9.17) is 0 Å². The summed E-state index contributed by atoms with van der Waals surface area (Å²) in [7, 11) is 0. The number of piperidine rings is 1. The molecule has 29 heavy (non-hydrogen) atoms. The Kier molecular flexibility index (Phi) is 7.61. The Bertz CT molecular complexity index is 863. The van der Waals surface area contributed by atoms with Gasteiger partial charge in [0.2, 0.25) is 0 Å². The lowest BCUT2D eigenvalue weighted by Gasteiger charge is -2.34. The van der Waals surface area contributed by atoms with Crippen LogP contribution in [0.25, 0.3) is 0 Å². The summed E-state index contributed by atoms with van der Waals surface area (Å²) in [4.78, 5) is 27.8. The molecule has 0 spiro atoms. The predicted octanol–water partition coefficient (Wildman–Crippen LogP) is 1.98. The number of pyridine rings is 1. The van der Waals surface area contributed by atoms with Crippen LogP contribution in [0.15, 0.2) is 47.4 Å². The molecule has 1 saturated heterocycles. The van der Waals surface area contributed by atoms with Gasteiger partial charge in [0.05, 0.1) is 6.61 Å². The molecule has 0 bridgehead atoms. The summed E-state index contributed by atoms with van der Waals surface area (Å²) in [6.45, 7) is 4.58. The van der Waals surface area contributed by atoms with Crippen molar-refractivity contribution >= 4 is 5.91 Å². The molecule has 1 unspecified atom stereocenters. The first-order valence-electron chi connectivity index (χ1n) is 10.5. The Hall–Kier alpha value is -2.44. The molecule has 2 aromatic rings. The van der Waals surface area contributed by atoms with Crippen molar-refractivity contribution in [1.82, 2.24) is 14.8 Å². The van der Waals surface area contributed by atoms with Gasteiger partial charge in [0.25, 0.3) is 11.5 Å². The molecule has 1 fully saturated rings. The van der Waals surface area contributed by atoms with E-state index in [9.17, 15) is 14.7 Å². The molecule has 2 N–H and O–H groups in total. The maximum atomic E-state index is 12.9. The van der Waals surface area contributed by atoms with Crippen LogP contribution < -0.4 is 10.9 Å². The number of carbonyl (C=O) groups excluding carboxylic acids is 1.